The van der Waals surface area contributed by atoms with E-state index in [0.717, 1.165) is 11.3 Å². The fourth-order valence-electron chi connectivity index (χ4n) is 2.25. The average Bonchev–Trinajstić information content (AvgIpc) is 3.05. The molecule has 0 saturated carbocycles. The van der Waals surface area contributed by atoms with Crippen LogP contribution in [-0.4, -0.2) is 20.7 Å². The topological polar surface area (TPSA) is 97.6 Å². The lowest BCUT2D eigenvalue weighted by molar-refractivity contribution is -0.114. The Labute approximate surface area is 138 Å². The Morgan fingerprint density at radius 2 is 1.88 bits per heavy atom. The lowest BCUT2D eigenvalue weighted by Gasteiger charge is -2.00. The molecule has 6 nitrogen and oxygen atoms in total. The Balaban J connectivity index is 2.18. The van der Waals surface area contributed by atoms with Crippen molar-refractivity contribution in [3.63, 3.8) is 0 Å². The van der Waals surface area contributed by atoms with Gasteiger partial charge in [0.2, 0.25) is 0 Å². The van der Waals surface area contributed by atoms with Gasteiger partial charge in [-0.15, -0.1) is 0 Å². The van der Waals surface area contributed by atoms with Crippen molar-refractivity contribution in [2.24, 2.45) is 5.73 Å². The maximum absolute atomic E-state index is 11.4. The van der Waals surface area contributed by atoms with Gasteiger partial charge in [0, 0.05) is 29.7 Å². The van der Waals surface area contributed by atoms with Crippen LogP contribution < -0.4 is 5.73 Å². The second kappa shape index (κ2) is 6.58. The number of amides is 1. The van der Waals surface area contributed by atoms with Crippen LogP contribution in [0.3, 0.4) is 0 Å². The van der Waals surface area contributed by atoms with Crippen molar-refractivity contribution in [3.05, 3.63) is 72.2 Å². The van der Waals surface area contributed by atoms with Crippen LogP contribution in [0.4, 0.5) is 0 Å². The van der Waals surface area contributed by atoms with Gasteiger partial charge in [-0.1, -0.05) is 18.2 Å². The zero-order valence-corrected chi connectivity index (χ0v) is 12.6. The highest BCUT2D eigenvalue weighted by atomic mass is 16.1. The Kier molecular flexibility index (Phi) is 4.17. The molecule has 0 aliphatic heterocycles. The Morgan fingerprint density at radius 3 is 2.50 bits per heavy atom. The highest BCUT2D eigenvalue weighted by molar-refractivity contribution is 6.01. The van der Waals surface area contributed by atoms with E-state index in [1.54, 1.807) is 23.3 Å². The molecule has 3 rings (SSSR count). The van der Waals surface area contributed by atoms with E-state index in [-0.39, 0.29) is 5.57 Å². The highest BCUT2D eigenvalue weighted by Gasteiger charge is 2.13. The number of benzene rings is 1. The van der Waals surface area contributed by atoms with Crippen LogP contribution >= 0.6 is 0 Å². The number of hydrogen-bond donors (Lipinski definition) is 1. The maximum atomic E-state index is 11.4. The summed E-state index contributed by atoms with van der Waals surface area (Å²) in [6.45, 7) is 0. The second-order valence-electron chi connectivity index (χ2n) is 4.98. The summed E-state index contributed by atoms with van der Waals surface area (Å²) in [5.41, 5.74) is 8.06. The molecule has 0 unspecified atom stereocenters. The van der Waals surface area contributed by atoms with Gasteiger partial charge in [-0.2, -0.15) is 10.4 Å². The van der Waals surface area contributed by atoms with Gasteiger partial charge in [0.05, 0.1) is 5.69 Å². The number of aromatic nitrogens is 3. The van der Waals surface area contributed by atoms with Gasteiger partial charge in [-0.25, -0.2) is 4.68 Å². The molecule has 1 aromatic carbocycles. The van der Waals surface area contributed by atoms with Gasteiger partial charge in [0.15, 0.2) is 0 Å². The van der Waals surface area contributed by atoms with Crippen LogP contribution in [0.5, 0.6) is 0 Å². The summed E-state index contributed by atoms with van der Waals surface area (Å²) in [6, 6.07) is 15.0. The second-order valence-corrected chi connectivity index (χ2v) is 4.98. The number of primary amides is 1. The van der Waals surface area contributed by atoms with Crippen molar-refractivity contribution < 1.29 is 4.79 Å². The van der Waals surface area contributed by atoms with Crippen LogP contribution in [0.2, 0.25) is 0 Å². The number of carbonyl (C=O) groups is 1. The molecule has 0 saturated heterocycles. The third-order valence-corrected chi connectivity index (χ3v) is 3.40. The molecule has 116 valence electrons. The highest BCUT2D eigenvalue weighted by Crippen LogP contribution is 2.25. The van der Waals surface area contributed by atoms with Gasteiger partial charge >= 0.3 is 0 Å². The van der Waals surface area contributed by atoms with Crippen molar-refractivity contribution in [1.82, 2.24) is 14.8 Å². The quantitative estimate of drug-likeness (QED) is 0.590. The van der Waals surface area contributed by atoms with Crippen molar-refractivity contribution >= 4 is 12.0 Å². The maximum Gasteiger partial charge on any atom is 0.259 e. The molecule has 2 aromatic heterocycles. The summed E-state index contributed by atoms with van der Waals surface area (Å²) in [6.07, 6.45) is 6.52. The minimum Gasteiger partial charge on any atom is -0.365 e. The number of para-hydroxylation sites is 1. The Bertz CT molecular complexity index is 937. The predicted octanol–water partition coefficient (Wildman–Crippen LogP) is 2.33. The van der Waals surface area contributed by atoms with Crippen LogP contribution in [0, 0.1) is 11.3 Å². The van der Waals surface area contributed by atoms with Gasteiger partial charge in [-0.3, -0.25) is 9.78 Å². The standard InChI is InChI=1S/C18H13N5O/c19-11-14(18(20)24)10-15-12-23(16-4-2-1-3-5-16)22-17(15)13-6-8-21-9-7-13/h1-10,12H,(H2,20,24). The predicted molar refractivity (Wildman–Crippen MR) is 89.6 cm³/mol. The molecule has 0 spiro atoms. The largest absolute Gasteiger partial charge is 0.365 e. The molecule has 0 atom stereocenters. The van der Waals surface area contributed by atoms with E-state index in [9.17, 15) is 4.79 Å². The van der Waals surface area contributed by atoms with Crippen molar-refractivity contribution in [3.8, 4) is 23.0 Å². The van der Waals surface area contributed by atoms with Crippen molar-refractivity contribution in [1.29, 1.82) is 5.26 Å². The third-order valence-electron chi connectivity index (χ3n) is 3.40. The third kappa shape index (κ3) is 3.05. The first kappa shape index (κ1) is 15.2. The van der Waals surface area contributed by atoms with Gasteiger partial charge in [-0.05, 0) is 30.3 Å². The van der Waals surface area contributed by atoms with E-state index in [0.29, 0.717) is 11.3 Å². The summed E-state index contributed by atoms with van der Waals surface area (Å²) in [4.78, 5) is 15.3. The van der Waals surface area contributed by atoms with E-state index in [1.807, 2.05) is 48.5 Å². The summed E-state index contributed by atoms with van der Waals surface area (Å²) < 4.78 is 1.69. The molecule has 1 amide bonds. The molecule has 0 fully saturated rings. The molecule has 0 bridgehead atoms. The fraction of sp³-hybridized carbons (Fsp3) is 0. The smallest absolute Gasteiger partial charge is 0.259 e. The molecule has 3 aromatic rings. The fourth-order valence-corrected chi connectivity index (χ4v) is 2.25. The SMILES string of the molecule is N#CC(=Cc1cn(-c2ccccc2)nc1-c1ccncc1)C(N)=O. The number of nitriles is 1. The molecule has 0 radical (unpaired) electrons. The lowest BCUT2D eigenvalue weighted by atomic mass is 10.1. The first-order chi connectivity index (χ1) is 11.7. The van der Waals surface area contributed by atoms with Crippen LogP contribution in [0.25, 0.3) is 23.0 Å². The number of nitrogens with zero attached hydrogens (tertiary/aromatic N) is 4. The zero-order chi connectivity index (χ0) is 16.9. The normalized spacial score (nSPS) is 11.0. The first-order valence-electron chi connectivity index (χ1n) is 7.16. The summed E-state index contributed by atoms with van der Waals surface area (Å²) in [5.74, 6) is -0.773. The summed E-state index contributed by atoms with van der Waals surface area (Å²) in [5, 5.41) is 13.7. The average molecular weight is 315 g/mol. The molecule has 2 N–H and O–H groups in total. The molecule has 0 aliphatic rings. The van der Waals surface area contributed by atoms with Gasteiger partial charge in [0.25, 0.3) is 5.91 Å². The van der Waals surface area contributed by atoms with E-state index < -0.39 is 5.91 Å². The minimum atomic E-state index is -0.773. The van der Waals surface area contributed by atoms with Crippen LogP contribution in [-0.2, 0) is 4.79 Å². The number of carbonyl (C=O) groups excluding carboxylic acids is 1. The molecular formula is C18H13N5O. The molecule has 2 heterocycles. The number of hydrogen-bond acceptors (Lipinski definition) is 4. The van der Waals surface area contributed by atoms with E-state index >= 15 is 0 Å². The monoisotopic (exact) mass is 315 g/mol. The number of pyridine rings is 1. The first-order valence-corrected chi connectivity index (χ1v) is 7.16. The number of rotatable bonds is 4. The molecule has 6 heteroatoms. The molecular weight excluding hydrogens is 302 g/mol. The molecule has 0 aliphatic carbocycles. The van der Waals surface area contributed by atoms with Crippen LogP contribution in [0.1, 0.15) is 5.56 Å². The Morgan fingerprint density at radius 1 is 1.17 bits per heavy atom. The molecule has 24 heavy (non-hydrogen) atoms. The zero-order valence-electron chi connectivity index (χ0n) is 12.6. The van der Waals surface area contributed by atoms with E-state index in [2.05, 4.69) is 10.1 Å². The number of nitrogens with two attached hydrogens (primary N) is 1. The van der Waals surface area contributed by atoms with E-state index in [4.69, 9.17) is 11.0 Å². The Hall–Kier alpha value is -3.72. The van der Waals surface area contributed by atoms with Crippen LogP contribution in [0.15, 0.2) is 66.6 Å². The van der Waals surface area contributed by atoms with Crippen molar-refractivity contribution in [2.75, 3.05) is 0 Å². The van der Waals surface area contributed by atoms with Gasteiger partial charge in [0.1, 0.15) is 17.3 Å². The van der Waals surface area contributed by atoms with Crippen molar-refractivity contribution in [2.45, 2.75) is 0 Å². The van der Waals surface area contributed by atoms with Gasteiger partial charge < -0.3 is 5.73 Å². The van der Waals surface area contributed by atoms with E-state index in [1.165, 1.54) is 6.08 Å². The minimum absolute atomic E-state index is 0.127. The summed E-state index contributed by atoms with van der Waals surface area (Å²) in [7, 11) is 0. The lowest BCUT2D eigenvalue weighted by Crippen LogP contribution is -2.12. The summed E-state index contributed by atoms with van der Waals surface area (Å²) >= 11 is 0.